The van der Waals surface area contributed by atoms with Gasteiger partial charge in [0.25, 0.3) is 0 Å². The number of nitrogens with zero attached hydrogens (tertiary/aromatic N) is 2. The average Bonchev–Trinajstić information content (AvgIpc) is 2.46. The molecule has 0 saturated carbocycles. The Labute approximate surface area is 113 Å². The molecule has 1 aromatic carbocycles. The third-order valence-corrected chi connectivity index (χ3v) is 2.89. The predicted molar refractivity (Wildman–Crippen MR) is 75.3 cm³/mol. The highest BCUT2D eigenvalue weighted by atomic mass is 16.5. The summed E-state index contributed by atoms with van der Waals surface area (Å²) in [5.41, 5.74) is 2.16. The lowest BCUT2D eigenvalue weighted by Gasteiger charge is -2.17. The summed E-state index contributed by atoms with van der Waals surface area (Å²) in [4.78, 5) is 8.83. The fraction of sp³-hybridized carbons (Fsp3) is 0.333. The molecule has 0 aliphatic heterocycles. The van der Waals surface area contributed by atoms with Gasteiger partial charge < -0.3 is 10.1 Å². The fourth-order valence-corrected chi connectivity index (χ4v) is 1.94. The van der Waals surface area contributed by atoms with Crippen LogP contribution < -0.4 is 10.1 Å². The first-order chi connectivity index (χ1) is 9.24. The summed E-state index contributed by atoms with van der Waals surface area (Å²) in [5.74, 6) is 1.62. The van der Waals surface area contributed by atoms with Crippen molar-refractivity contribution in [2.45, 2.75) is 19.9 Å². The molecular weight excluding hydrogens is 238 g/mol. The molecule has 0 aliphatic rings. The van der Waals surface area contributed by atoms with Crippen LogP contribution in [0, 0.1) is 6.92 Å². The Morgan fingerprint density at radius 3 is 2.63 bits per heavy atom. The minimum Gasteiger partial charge on any atom is -0.497 e. The van der Waals surface area contributed by atoms with Crippen molar-refractivity contribution in [3.8, 4) is 5.75 Å². The molecule has 0 saturated heterocycles. The second-order valence-electron chi connectivity index (χ2n) is 4.39. The Balaban J connectivity index is 2.35. The third kappa shape index (κ3) is 3.29. The largest absolute Gasteiger partial charge is 0.497 e. The molecule has 100 valence electrons. The van der Waals surface area contributed by atoms with E-state index in [1.807, 2.05) is 37.5 Å². The maximum absolute atomic E-state index is 5.27. The van der Waals surface area contributed by atoms with Crippen molar-refractivity contribution in [3.63, 3.8) is 0 Å². The Morgan fingerprint density at radius 2 is 2.00 bits per heavy atom. The molecule has 0 aliphatic carbocycles. The lowest BCUT2D eigenvalue weighted by Crippen LogP contribution is -2.24. The number of hydrogen-bond acceptors (Lipinski definition) is 4. The van der Waals surface area contributed by atoms with Crippen molar-refractivity contribution in [1.29, 1.82) is 0 Å². The highest BCUT2D eigenvalue weighted by Crippen LogP contribution is 2.22. The third-order valence-electron chi connectivity index (χ3n) is 2.89. The number of hydrogen-bond donors (Lipinski definition) is 1. The van der Waals surface area contributed by atoms with Crippen molar-refractivity contribution in [2.75, 3.05) is 13.7 Å². The lowest BCUT2D eigenvalue weighted by atomic mass is 10.1. The quantitative estimate of drug-likeness (QED) is 0.894. The van der Waals surface area contributed by atoms with Crippen molar-refractivity contribution in [3.05, 3.63) is 53.6 Å². The molecule has 4 heteroatoms. The zero-order valence-corrected chi connectivity index (χ0v) is 11.6. The molecule has 1 unspecified atom stereocenters. The lowest BCUT2D eigenvalue weighted by molar-refractivity contribution is 0.413. The maximum Gasteiger partial charge on any atom is 0.149 e. The molecule has 1 heterocycles. The second-order valence-corrected chi connectivity index (χ2v) is 4.39. The molecule has 0 amide bonds. The van der Waals surface area contributed by atoms with Gasteiger partial charge in [0.1, 0.15) is 11.6 Å². The van der Waals surface area contributed by atoms with Gasteiger partial charge in [-0.05, 0) is 36.7 Å². The first-order valence-electron chi connectivity index (χ1n) is 6.40. The summed E-state index contributed by atoms with van der Waals surface area (Å²) >= 11 is 0. The molecule has 1 atom stereocenters. The number of rotatable bonds is 5. The van der Waals surface area contributed by atoms with Gasteiger partial charge in [0.2, 0.25) is 0 Å². The van der Waals surface area contributed by atoms with E-state index in [4.69, 9.17) is 4.74 Å². The predicted octanol–water partition coefficient (Wildman–Crippen LogP) is 2.49. The van der Waals surface area contributed by atoms with Gasteiger partial charge in [-0.25, -0.2) is 9.97 Å². The molecule has 19 heavy (non-hydrogen) atoms. The molecule has 0 spiro atoms. The summed E-state index contributed by atoms with van der Waals surface area (Å²) in [7, 11) is 1.67. The summed E-state index contributed by atoms with van der Waals surface area (Å²) in [6.07, 6.45) is 3.68. The standard InChI is InChI=1S/C15H19N3O/c1-4-16-14(15-17-9-11(2)10-18-15)12-6-5-7-13(8-12)19-3/h5-10,14,16H,4H2,1-3H3. The molecule has 0 bridgehead atoms. The summed E-state index contributed by atoms with van der Waals surface area (Å²) < 4.78 is 5.27. The first-order valence-corrected chi connectivity index (χ1v) is 6.40. The second kappa shape index (κ2) is 6.29. The molecular formula is C15H19N3O. The van der Waals surface area contributed by atoms with E-state index in [1.165, 1.54) is 0 Å². The summed E-state index contributed by atoms with van der Waals surface area (Å²) in [6.45, 7) is 4.90. The van der Waals surface area contributed by atoms with Gasteiger partial charge in [-0.2, -0.15) is 0 Å². The van der Waals surface area contributed by atoms with E-state index in [2.05, 4.69) is 28.3 Å². The van der Waals surface area contributed by atoms with Crippen LogP contribution in [0.25, 0.3) is 0 Å². The molecule has 2 rings (SSSR count). The van der Waals surface area contributed by atoms with Crippen molar-refractivity contribution in [1.82, 2.24) is 15.3 Å². The summed E-state index contributed by atoms with van der Waals surface area (Å²) in [6, 6.07) is 7.96. The molecule has 0 radical (unpaired) electrons. The monoisotopic (exact) mass is 257 g/mol. The van der Waals surface area contributed by atoms with E-state index in [9.17, 15) is 0 Å². The number of aryl methyl sites for hydroxylation is 1. The molecule has 4 nitrogen and oxygen atoms in total. The van der Waals surface area contributed by atoms with Crippen LogP contribution in [0.3, 0.4) is 0 Å². The van der Waals surface area contributed by atoms with E-state index in [-0.39, 0.29) is 6.04 Å². The van der Waals surface area contributed by atoms with Gasteiger partial charge in [-0.15, -0.1) is 0 Å². The van der Waals surface area contributed by atoms with E-state index >= 15 is 0 Å². The van der Waals surface area contributed by atoms with E-state index in [0.717, 1.165) is 29.2 Å². The van der Waals surface area contributed by atoms with Crippen molar-refractivity contribution < 1.29 is 4.74 Å². The molecule has 1 N–H and O–H groups in total. The summed E-state index contributed by atoms with van der Waals surface area (Å²) in [5, 5.41) is 3.41. The molecule has 0 fully saturated rings. The van der Waals surface area contributed by atoms with Gasteiger partial charge in [0.15, 0.2) is 0 Å². The van der Waals surface area contributed by atoms with Gasteiger partial charge in [0.05, 0.1) is 13.2 Å². The van der Waals surface area contributed by atoms with Crippen molar-refractivity contribution >= 4 is 0 Å². The molecule has 1 aromatic heterocycles. The number of aromatic nitrogens is 2. The number of nitrogens with one attached hydrogen (secondary N) is 1. The minimum atomic E-state index is -0.0132. The van der Waals surface area contributed by atoms with Crippen LogP contribution in [-0.4, -0.2) is 23.6 Å². The highest BCUT2D eigenvalue weighted by Gasteiger charge is 2.16. The maximum atomic E-state index is 5.27. The first kappa shape index (κ1) is 13.5. The van der Waals surface area contributed by atoms with Crippen LogP contribution in [0.5, 0.6) is 5.75 Å². The van der Waals surface area contributed by atoms with Crippen LogP contribution in [0.1, 0.15) is 29.9 Å². The minimum absolute atomic E-state index is 0.0132. The average molecular weight is 257 g/mol. The number of methoxy groups -OCH3 is 1. The Morgan fingerprint density at radius 1 is 1.26 bits per heavy atom. The van der Waals surface area contributed by atoms with Crippen LogP contribution in [0.2, 0.25) is 0 Å². The SMILES string of the molecule is CCNC(c1cccc(OC)c1)c1ncc(C)cn1. The van der Waals surface area contributed by atoms with Crippen LogP contribution in [0.15, 0.2) is 36.7 Å². The van der Waals surface area contributed by atoms with E-state index < -0.39 is 0 Å². The van der Waals surface area contributed by atoms with E-state index in [0.29, 0.717) is 0 Å². The van der Waals surface area contributed by atoms with Gasteiger partial charge in [-0.3, -0.25) is 0 Å². The highest BCUT2D eigenvalue weighted by molar-refractivity contribution is 5.33. The van der Waals surface area contributed by atoms with Gasteiger partial charge >= 0.3 is 0 Å². The normalized spacial score (nSPS) is 12.2. The van der Waals surface area contributed by atoms with Gasteiger partial charge in [0, 0.05) is 12.4 Å². The van der Waals surface area contributed by atoms with Crippen LogP contribution in [-0.2, 0) is 0 Å². The Hall–Kier alpha value is -1.94. The van der Waals surface area contributed by atoms with Crippen LogP contribution >= 0.6 is 0 Å². The van der Waals surface area contributed by atoms with Gasteiger partial charge in [-0.1, -0.05) is 19.1 Å². The van der Waals surface area contributed by atoms with E-state index in [1.54, 1.807) is 7.11 Å². The fourth-order valence-electron chi connectivity index (χ4n) is 1.94. The van der Waals surface area contributed by atoms with Crippen molar-refractivity contribution in [2.24, 2.45) is 0 Å². The number of ether oxygens (including phenoxy) is 1. The zero-order valence-electron chi connectivity index (χ0n) is 11.6. The Kier molecular flexibility index (Phi) is 4.47. The topological polar surface area (TPSA) is 47.0 Å². The number of benzene rings is 1. The van der Waals surface area contributed by atoms with Crippen LogP contribution in [0.4, 0.5) is 0 Å². The smallest absolute Gasteiger partial charge is 0.149 e. The zero-order chi connectivity index (χ0) is 13.7. The molecule has 2 aromatic rings. The Bertz CT molecular complexity index is 525.